The quantitative estimate of drug-likeness (QED) is 0.876. The minimum atomic E-state index is -0.274. The third-order valence-corrected chi connectivity index (χ3v) is 3.23. The topological polar surface area (TPSA) is 43.1 Å². The minimum Gasteiger partial charge on any atom is -0.369 e. The molecule has 0 fully saturated rings. The average Bonchev–Trinajstić information content (AvgIpc) is 2.38. The third-order valence-electron chi connectivity index (χ3n) is 3.23. The Morgan fingerprint density at radius 1 is 1.06 bits per heavy atom. The number of carbonyl (C=O) groups is 1. The maximum Gasteiger partial charge on any atom is 0.225 e. The number of benzene rings is 2. The molecule has 0 aliphatic carbocycles. The summed E-state index contributed by atoms with van der Waals surface area (Å²) in [5.74, 6) is -0.531. The van der Waals surface area contributed by atoms with E-state index in [4.69, 9.17) is 5.73 Å². The van der Waals surface area contributed by atoms with Crippen molar-refractivity contribution in [3.63, 3.8) is 0 Å². The zero-order chi connectivity index (χ0) is 13.0. The maximum absolute atomic E-state index is 11.6. The monoisotopic (exact) mass is 239 g/mol. The number of carbonyl (C=O) groups excluding carboxylic acids is 1. The van der Waals surface area contributed by atoms with Crippen molar-refractivity contribution in [2.24, 2.45) is 5.73 Å². The summed E-state index contributed by atoms with van der Waals surface area (Å²) < 4.78 is 0. The number of nitrogens with two attached hydrogens (primary N) is 1. The lowest BCUT2D eigenvalue weighted by Gasteiger charge is -2.15. The van der Waals surface area contributed by atoms with E-state index >= 15 is 0 Å². The molecular weight excluding hydrogens is 222 g/mol. The van der Waals surface area contributed by atoms with Crippen LogP contribution in [0, 0.1) is 6.92 Å². The van der Waals surface area contributed by atoms with Crippen LogP contribution in [0.5, 0.6) is 0 Å². The van der Waals surface area contributed by atoms with Crippen molar-refractivity contribution in [1.82, 2.24) is 0 Å². The summed E-state index contributed by atoms with van der Waals surface area (Å²) >= 11 is 0. The molecule has 0 aromatic heterocycles. The Morgan fingerprint density at radius 3 is 2.28 bits per heavy atom. The fraction of sp³-hybridized carbons (Fsp3) is 0.188. The van der Waals surface area contributed by atoms with Crippen LogP contribution in [-0.4, -0.2) is 5.91 Å². The first-order valence-corrected chi connectivity index (χ1v) is 6.07. The summed E-state index contributed by atoms with van der Waals surface area (Å²) in [6.07, 6.45) is 0.659. The molecule has 0 aliphatic rings. The zero-order valence-electron chi connectivity index (χ0n) is 10.5. The van der Waals surface area contributed by atoms with Crippen molar-refractivity contribution in [2.75, 3.05) is 0 Å². The van der Waals surface area contributed by atoms with Crippen LogP contribution in [0.15, 0.2) is 54.6 Å². The van der Waals surface area contributed by atoms with Gasteiger partial charge in [0.1, 0.15) is 0 Å². The molecule has 2 aromatic rings. The van der Waals surface area contributed by atoms with Gasteiger partial charge in [0.25, 0.3) is 0 Å². The molecule has 1 amide bonds. The number of primary amides is 1. The Labute approximate surface area is 107 Å². The van der Waals surface area contributed by atoms with Crippen molar-refractivity contribution in [1.29, 1.82) is 0 Å². The van der Waals surface area contributed by atoms with Gasteiger partial charge in [0, 0.05) is 0 Å². The molecule has 0 saturated heterocycles. The third kappa shape index (κ3) is 2.77. The Morgan fingerprint density at radius 2 is 1.67 bits per heavy atom. The highest BCUT2D eigenvalue weighted by Gasteiger charge is 2.18. The lowest BCUT2D eigenvalue weighted by atomic mass is 9.90. The molecule has 2 aromatic carbocycles. The number of hydrogen-bond donors (Lipinski definition) is 1. The van der Waals surface area contributed by atoms with Crippen molar-refractivity contribution >= 4 is 5.91 Å². The molecule has 0 bridgehead atoms. The molecule has 18 heavy (non-hydrogen) atoms. The maximum atomic E-state index is 11.6. The second kappa shape index (κ2) is 5.50. The van der Waals surface area contributed by atoms with Crippen molar-refractivity contribution < 1.29 is 4.79 Å². The highest BCUT2D eigenvalue weighted by atomic mass is 16.1. The van der Waals surface area contributed by atoms with Gasteiger partial charge in [-0.1, -0.05) is 54.6 Å². The highest BCUT2D eigenvalue weighted by Crippen LogP contribution is 2.22. The first kappa shape index (κ1) is 12.4. The van der Waals surface area contributed by atoms with E-state index in [0.29, 0.717) is 6.42 Å². The molecule has 2 rings (SSSR count). The molecule has 0 aliphatic heterocycles. The molecule has 1 unspecified atom stereocenters. The van der Waals surface area contributed by atoms with Crippen molar-refractivity contribution in [2.45, 2.75) is 19.3 Å². The van der Waals surface area contributed by atoms with Gasteiger partial charge in [-0.05, 0) is 30.0 Å². The van der Waals surface area contributed by atoms with E-state index in [1.54, 1.807) is 0 Å². The lowest BCUT2D eigenvalue weighted by Crippen LogP contribution is -2.23. The summed E-state index contributed by atoms with van der Waals surface area (Å²) in [4.78, 5) is 11.6. The van der Waals surface area contributed by atoms with Gasteiger partial charge in [-0.15, -0.1) is 0 Å². The Balaban J connectivity index is 2.28. The van der Waals surface area contributed by atoms with Crippen LogP contribution >= 0.6 is 0 Å². The number of aryl methyl sites for hydroxylation is 1. The van der Waals surface area contributed by atoms with Crippen LogP contribution in [0.1, 0.15) is 22.6 Å². The summed E-state index contributed by atoms with van der Waals surface area (Å²) in [5.41, 5.74) is 8.87. The summed E-state index contributed by atoms with van der Waals surface area (Å²) in [6.45, 7) is 2.05. The molecule has 92 valence electrons. The van der Waals surface area contributed by atoms with E-state index in [-0.39, 0.29) is 11.8 Å². The van der Waals surface area contributed by atoms with Crippen LogP contribution in [0.3, 0.4) is 0 Å². The van der Waals surface area contributed by atoms with E-state index in [1.807, 2.05) is 48.5 Å². The van der Waals surface area contributed by atoms with Crippen molar-refractivity contribution in [3.8, 4) is 0 Å². The van der Waals surface area contributed by atoms with Crippen LogP contribution in [0.4, 0.5) is 0 Å². The Kier molecular flexibility index (Phi) is 3.78. The van der Waals surface area contributed by atoms with Crippen LogP contribution in [-0.2, 0) is 11.2 Å². The van der Waals surface area contributed by atoms with Gasteiger partial charge < -0.3 is 5.73 Å². The van der Waals surface area contributed by atoms with E-state index in [1.165, 1.54) is 11.1 Å². The predicted octanol–water partition coefficient (Wildman–Crippen LogP) is 2.81. The Hall–Kier alpha value is -2.09. The molecule has 2 N–H and O–H groups in total. The standard InChI is InChI=1S/C16H17NO/c1-12-7-5-6-10-14(12)11-15(16(17)18)13-8-3-2-4-9-13/h2-10,15H,11H2,1H3,(H2,17,18). The fourth-order valence-electron chi connectivity index (χ4n) is 2.13. The van der Waals surface area contributed by atoms with E-state index < -0.39 is 0 Å². The van der Waals surface area contributed by atoms with E-state index in [0.717, 1.165) is 5.56 Å². The first-order chi connectivity index (χ1) is 8.68. The van der Waals surface area contributed by atoms with Gasteiger partial charge >= 0.3 is 0 Å². The second-order valence-corrected chi connectivity index (χ2v) is 4.50. The number of hydrogen-bond acceptors (Lipinski definition) is 1. The normalized spacial score (nSPS) is 12.1. The molecule has 0 spiro atoms. The van der Waals surface area contributed by atoms with Gasteiger partial charge in [0.15, 0.2) is 0 Å². The Bertz CT molecular complexity index is 534. The SMILES string of the molecule is Cc1ccccc1CC(C(N)=O)c1ccccc1. The average molecular weight is 239 g/mol. The van der Waals surface area contributed by atoms with Gasteiger partial charge in [0.05, 0.1) is 5.92 Å². The summed E-state index contributed by atoms with van der Waals surface area (Å²) in [5, 5.41) is 0. The second-order valence-electron chi connectivity index (χ2n) is 4.50. The number of rotatable bonds is 4. The van der Waals surface area contributed by atoms with Crippen LogP contribution in [0.25, 0.3) is 0 Å². The molecule has 0 radical (unpaired) electrons. The zero-order valence-corrected chi connectivity index (χ0v) is 10.5. The minimum absolute atomic E-state index is 0.257. The van der Waals surface area contributed by atoms with E-state index in [9.17, 15) is 4.79 Å². The molecule has 2 heteroatoms. The van der Waals surface area contributed by atoms with E-state index in [2.05, 4.69) is 13.0 Å². The molecule has 1 atom stereocenters. The van der Waals surface area contributed by atoms with Gasteiger partial charge in [0.2, 0.25) is 5.91 Å². The van der Waals surface area contributed by atoms with Gasteiger partial charge in [-0.3, -0.25) is 4.79 Å². The molecule has 0 saturated carbocycles. The van der Waals surface area contributed by atoms with Gasteiger partial charge in [-0.25, -0.2) is 0 Å². The lowest BCUT2D eigenvalue weighted by molar-refractivity contribution is -0.119. The van der Waals surface area contributed by atoms with Crippen LogP contribution in [0.2, 0.25) is 0 Å². The predicted molar refractivity (Wildman–Crippen MR) is 73.3 cm³/mol. The molecule has 2 nitrogen and oxygen atoms in total. The smallest absolute Gasteiger partial charge is 0.225 e. The number of amides is 1. The molecular formula is C16H17NO. The highest BCUT2D eigenvalue weighted by molar-refractivity contribution is 5.82. The van der Waals surface area contributed by atoms with Gasteiger partial charge in [-0.2, -0.15) is 0 Å². The largest absolute Gasteiger partial charge is 0.369 e. The van der Waals surface area contributed by atoms with Crippen molar-refractivity contribution in [3.05, 3.63) is 71.3 Å². The van der Waals surface area contributed by atoms with Crippen LogP contribution < -0.4 is 5.73 Å². The fourth-order valence-corrected chi connectivity index (χ4v) is 2.13. The molecule has 0 heterocycles. The first-order valence-electron chi connectivity index (χ1n) is 6.07. The summed E-state index contributed by atoms with van der Waals surface area (Å²) in [6, 6.07) is 17.8. The summed E-state index contributed by atoms with van der Waals surface area (Å²) in [7, 11) is 0.